The van der Waals surface area contributed by atoms with Crippen molar-refractivity contribution in [3.05, 3.63) is 54.6 Å². The Hall–Kier alpha value is -3.74. The average Bonchev–Trinajstić information content (AvgIpc) is 2.67. The van der Waals surface area contributed by atoms with Gasteiger partial charge in [-0.2, -0.15) is 0 Å². The number of ether oxygens (including phenoxy) is 4. The van der Waals surface area contributed by atoms with E-state index in [1.54, 1.807) is 24.3 Å². The number of esters is 2. The third-order valence-electron chi connectivity index (χ3n) is 4.89. The Bertz CT molecular complexity index is 1100. The van der Waals surface area contributed by atoms with Crippen LogP contribution in [0, 0.1) is 0 Å². The molecule has 2 aliphatic rings. The van der Waals surface area contributed by atoms with Gasteiger partial charge in [0.2, 0.25) is 0 Å². The van der Waals surface area contributed by atoms with Gasteiger partial charge < -0.3 is 18.9 Å². The van der Waals surface area contributed by atoms with Crippen LogP contribution in [0.3, 0.4) is 0 Å². The highest BCUT2D eigenvalue weighted by Gasteiger charge is 2.44. The van der Waals surface area contributed by atoms with E-state index in [0.29, 0.717) is 45.4 Å². The Kier molecular flexibility index (Phi) is 3.84. The third-order valence-corrected chi connectivity index (χ3v) is 4.89. The summed E-state index contributed by atoms with van der Waals surface area (Å²) in [5, 5.41) is 0. The summed E-state index contributed by atoms with van der Waals surface area (Å²) in [7, 11) is 0. The topological polar surface area (TPSA) is 71.1 Å². The summed E-state index contributed by atoms with van der Waals surface area (Å²) in [5.74, 6) is 2.35. The highest BCUT2D eigenvalue weighted by Crippen LogP contribution is 2.37. The lowest BCUT2D eigenvalue weighted by molar-refractivity contribution is -0.132. The number of hydrogen-bond acceptors (Lipinski definition) is 6. The lowest BCUT2D eigenvalue weighted by Gasteiger charge is -2.34. The highest BCUT2D eigenvalue weighted by molar-refractivity contribution is 6.99. The van der Waals surface area contributed by atoms with Gasteiger partial charge >= 0.3 is 11.9 Å². The SMILES string of the molecule is CC(=O)Oc1cccc2c1B1c3c(OC(C)=O)cccc3Oc3cccc(c31)O2. The molecule has 0 bridgehead atoms. The number of carbonyl (C=O) groups is 2. The Morgan fingerprint density at radius 2 is 1.03 bits per heavy atom. The molecule has 3 aromatic rings. The smallest absolute Gasteiger partial charge is 0.308 e. The average molecular weight is 386 g/mol. The van der Waals surface area contributed by atoms with Gasteiger partial charge in [-0.05, 0) is 36.4 Å². The molecule has 3 aromatic carbocycles. The monoisotopic (exact) mass is 386 g/mol. The summed E-state index contributed by atoms with van der Waals surface area (Å²) < 4.78 is 23.2. The first kappa shape index (κ1) is 17.4. The number of fused-ring (bicyclic) bond motifs is 4. The van der Waals surface area contributed by atoms with E-state index in [1.165, 1.54) is 13.8 Å². The summed E-state index contributed by atoms with van der Waals surface area (Å²) in [5.41, 5.74) is 2.17. The van der Waals surface area contributed by atoms with Crippen LogP contribution in [0.4, 0.5) is 0 Å². The van der Waals surface area contributed by atoms with Gasteiger partial charge in [0.05, 0.1) is 0 Å². The van der Waals surface area contributed by atoms with Gasteiger partial charge in [-0.1, -0.05) is 18.2 Å². The molecule has 5 rings (SSSR count). The number of carbonyl (C=O) groups excluding carboxylic acids is 2. The molecule has 0 radical (unpaired) electrons. The molecule has 0 aromatic heterocycles. The van der Waals surface area contributed by atoms with E-state index in [4.69, 9.17) is 18.9 Å². The molecular formula is C22H15BO6. The molecule has 0 atom stereocenters. The minimum Gasteiger partial charge on any atom is -0.458 e. The van der Waals surface area contributed by atoms with E-state index in [1.807, 2.05) is 30.3 Å². The van der Waals surface area contributed by atoms with Crippen LogP contribution in [-0.4, -0.2) is 18.7 Å². The normalized spacial score (nSPS) is 12.6. The summed E-state index contributed by atoms with van der Waals surface area (Å²) in [4.78, 5) is 23.4. The van der Waals surface area contributed by atoms with E-state index in [2.05, 4.69) is 0 Å². The van der Waals surface area contributed by atoms with Gasteiger partial charge in [0.1, 0.15) is 34.5 Å². The molecule has 0 amide bonds. The molecule has 0 aliphatic carbocycles. The molecule has 2 aliphatic heterocycles. The Labute approximate surface area is 167 Å². The molecule has 0 N–H and O–H groups in total. The molecule has 142 valence electrons. The van der Waals surface area contributed by atoms with Crippen LogP contribution in [0.5, 0.6) is 34.5 Å². The second-order valence-electron chi connectivity index (χ2n) is 6.83. The van der Waals surface area contributed by atoms with Gasteiger partial charge in [0.15, 0.2) is 0 Å². The first-order valence-electron chi connectivity index (χ1n) is 9.14. The maximum absolute atomic E-state index is 11.7. The van der Waals surface area contributed by atoms with Crippen LogP contribution in [0.15, 0.2) is 54.6 Å². The van der Waals surface area contributed by atoms with Crippen molar-refractivity contribution < 1.29 is 28.5 Å². The van der Waals surface area contributed by atoms with E-state index >= 15 is 0 Å². The molecule has 0 unspecified atom stereocenters. The van der Waals surface area contributed by atoms with Crippen LogP contribution in [0.1, 0.15) is 13.8 Å². The maximum Gasteiger partial charge on any atom is 0.308 e. The fourth-order valence-corrected chi connectivity index (χ4v) is 3.94. The van der Waals surface area contributed by atoms with Crippen LogP contribution in [0.2, 0.25) is 0 Å². The van der Waals surface area contributed by atoms with Crippen molar-refractivity contribution in [3.63, 3.8) is 0 Å². The van der Waals surface area contributed by atoms with E-state index in [-0.39, 0.29) is 6.71 Å². The van der Waals surface area contributed by atoms with Gasteiger partial charge in [0, 0.05) is 30.2 Å². The molecule has 6 nitrogen and oxygen atoms in total. The molecular weight excluding hydrogens is 371 g/mol. The summed E-state index contributed by atoms with van der Waals surface area (Å²) in [6.07, 6.45) is 0. The predicted molar refractivity (Wildman–Crippen MR) is 107 cm³/mol. The molecule has 2 heterocycles. The predicted octanol–water partition coefficient (Wildman–Crippen LogP) is 2.26. The zero-order valence-electron chi connectivity index (χ0n) is 15.7. The van der Waals surface area contributed by atoms with Gasteiger partial charge in [-0.3, -0.25) is 9.59 Å². The lowest BCUT2D eigenvalue weighted by Crippen LogP contribution is -2.58. The van der Waals surface area contributed by atoms with Crippen molar-refractivity contribution in [2.24, 2.45) is 0 Å². The quantitative estimate of drug-likeness (QED) is 0.263. The van der Waals surface area contributed by atoms with E-state index < -0.39 is 11.9 Å². The lowest BCUT2D eigenvalue weighted by atomic mass is 9.34. The highest BCUT2D eigenvalue weighted by atomic mass is 16.5. The minimum atomic E-state index is -0.432. The second kappa shape index (κ2) is 6.41. The maximum atomic E-state index is 11.7. The van der Waals surface area contributed by atoms with Crippen molar-refractivity contribution >= 4 is 35.0 Å². The van der Waals surface area contributed by atoms with Crippen LogP contribution < -0.4 is 35.3 Å². The van der Waals surface area contributed by atoms with E-state index in [9.17, 15) is 9.59 Å². The molecule has 0 fully saturated rings. The summed E-state index contributed by atoms with van der Waals surface area (Å²) in [6.45, 7) is 2.31. The third kappa shape index (κ3) is 2.74. The number of rotatable bonds is 2. The van der Waals surface area contributed by atoms with Crippen LogP contribution >= 0.6 is 0 Å². The van der Waals surface area contributed by atoms with Crippen LogP contribution in [0.25, 0.3) is 0 Å². The molecule has 0 spiro atoms. The van der Waals surface area contributed by atoms with Gasteiger partial charge in [0.25, 0.3) is 6.71 Å². The Morgan fingerprint density at radius 3 is 1.45 bits per heavy atom. The second-order valence-corrected chi connectivity index (χ2v) is 6.83. The van der Waals surface area contributed by atoms with Crippen molar-refractivity contribution in [1.29, 1.82) is 0 Å². The Morgan fingerprint density at radius 1 is 0.655 bits per heavy atom. The molecule has 7 heteroatoms. The van der Waals surface area contributed by atoms with Crippen molar-refractivity contribution in [2.75, 3.05) is 0 Å². The zero-order chi connectivity index (χ0) is 20.1. The first-order chi connectivity index (χ1) is 14.0. The first-order valence-corrected chi connectivity index (χ1v) is 9.14. The van der Waals surface area contributed by atoms with Gasteiger partial charge in [-0.25, -0.2) is 0 Å². The van der Waals surface area contributed by atoms with Crippen molar-refractivity contribution in [3.8, 4) is 34.5 Å². The van der Waals surface area contributed by atoms with Crippen LogP contribution in [-0.2, 0) is 9.59 Å². The standard InChI is InChI=1S/C22H15BO6/c1-12(24)26-14-6-3-8-16-20(14)23-21-15(27-13(2)25)7-4-9-17(21)29-19-11-5-10-18(28-16)22(19)23/h3-11H,1-2H3. The number of benzene rings is 3. The summed E-state index contributed by atoms with van der Waals surface area (Å²) >= 11 is 0. The molecule has 0 saturated heterocycles. The van der Waals surface area contributed by atoms with Gasteiger partial charge in [-0.15, -0.1) is 0 Å². The fraction of sp³-hybridized carbons (Fsp3) is 0.0909. The molecule has 29 heavy (non-hydrogen) atoms. The zero-order valence-corrected chi connectivity index (χ0v) is 15.7. The largest absolute Gasteiger partial charge is 0.458 e. The number of hydrogen-bond donors (Lipinski definition) is 0. The fourth-order valence-electron chi connectivity index (χ4n) is 3.94. The van der Waals surface area contributed by atoms with Crippen molar-refractivity contribution in [2.45, 2.75) is 13.8 Å². The van der Waals surface area contributed by atoms with E-state index in [0.717, 1.165) is 5.46 Å². The van der Waals surface area contributed by atoms with Crippen molar-refractivity contribution in [1.82, 2.24) is 0 Å². The Balaban J connectivity index is 1.82. The summed E-state index contributed by atoms with van der Waals surface area (Å²) in [6, 6.07) is 16.2. The molecule has 0 saturated carbocycles. The minimum absolute atomic E-state index is 0.389.